The highest BCUT2D eigenvalue weighted by atomic mass is 16.6. The molecule has 1 rings (SSSR count). The maximum atomic E-state index is 11.4. The van der Waals surface area contributed by atoms with Gasteiger partial charge in [0.25, 0.3) is 0 Å². The number of carbonyl (C=O) groups excluding carboxylic acids is 2. The predicted molar refractivity (Wildman–Crippen MR) is 81.6 cm³/mol. The standard InChI is InChI=1S/C16H23NO5/c1-16(2,3)22-15(21)17-8-7-13(19)14(20)12-6-4-5-11(9-12)10-18/h4-6,9-10,13-14,19-20H,7-8H2,1-3H3,(H,17,21). The van der Waals surface area contributed by atoms with Gasteiger partial charge >= 0.3 is 6.09 Å². The van der Waals surface area contributed by atoms with Crippen molar-refractivity contribution in [2.45, 2.75) is 45.0 Å². The van der Waals surface area contributed by atoms with E-state index in [2.05, 4.69) is 5.32 Å². The molecule has 1 amide bonds. The highest BCUT2D eigenvalue weighted by molar-refractivity contribution is 5.75. The molecule has 6 nitrogen and oxygen atoms in total. The van der Waals surface area contributed by atoms with E-state index in [1.165, 1.54) is 6.07 Å². The Balaban J connectivity index is 2.46. The largest absolute Gasteiger partial charge is 0.444 e. The molecule has 0 bridgehead atoms. The fourth-order valence-electron chi connectivity index (χ4n) is 1.83. The van der Waals surface area contributed by atoms with Crippen LogP contribution in [-0.2, 0) is 4.74 Å². The van der Waals surface area contributed by atoms with Crippen LogP contribution in [-0.4, -0.2) is 40.8 Å². The van der Waals surface area contributed by atoms with Crippen LogP contribution >= 0.6 is 0 Å². The van der Waals surface area contributed by atoms with Crippen molar-refractivity contribution in [3.63, 3.8) is 0 Å². The molecule has 122 valence electrons. The molecule has 0 radical (unpaired) electrons. The van der Waals surface area contributed by atoms with Crippen molar-refractivity contribution < 1.29 is 24.5 Å². The third-order valence-electron chi connectivity index (χ3n) is 2.86. The maximum absolute atomic E-state index is 11.4. The summed E-state index contributed by atoms with van der Waals surface area (Å²) in [5.74, 6) is 0. The van der Waals surface area contributed by atoms with Gasteiger partial charge in [-0.25, -0.2) is 4.79 Å². The minimum absolute atomic E-state index is 0.158. The number of ether oxygens (including phenoxy) is 1. The van der Waals surface area contributed by atoms with Crippen molar-refractivity contribution in [1.29, 1.82) is 0 Å². The molecular formula is C16H23NO5. The highest BCUT2D eigenvalue weighted by Crippen LogP contribution is 2.19. The normalized spacial score (nSPS) is 14.0. The SMILES string of the molecule is CC(C)(C)OC(=O)NCCC(O)C(O)c1cccc(C=O)c1. The van der Waals surface area contributed by atoms with Gasteiger partial charge in [0, 0.05) is 12.1 Å². The number of benzene rings is 1. The average molecular weight is 309 g/mol. The van der Waals surface area contributed by atoms with E-state index in [1.807, 2.05) is 0 Å². The van der Waals surface area contributed by atoms with Gasteiger partial charge in [-0.3, -0.25) is 4.79 Å². The van der Waals surface area contributed by atoms with E-state index in [-0.39, 0.29) is 13.0 Å². The smallest absolute Gasteiger partial charge is 0.407 e. The van der Waals surface area contributed by atoms with E-state index < -0.39 is 23.9 Å². The molecule has 1 aromatic rings. The molecule has 0 aromatic heterocycles. The Kier molecular flexibility index (Phi) is 6.52. The van der Waals surface area contributed by atoms with Crippen LogP contribution < -0.4 is 5.32 Å². The van der Waals surface area contributed by atoms with Crippen LogP contribution in [0, 0.1) is 0 Å². The number of carbonyl (C=O) groups is 2. The Labute approximate surface area is 130 Å². The second-order valence-corrected chi connectivity index (χ2v) is 6.02. The summed E-state index contributed by atoms with van der Waals surface area (Å²) in [5.41, 5.74) is 0.294. The molecule has 22 heavy (non-hydrogen) atoms. The zero-order valence-electron chi connectivity index (χ0n) is 13.1. The van der Waals surface area contributed by atoms with E-state index in [0.717, 1.165) is 0 Å². The van der Waals surface area contributed by atoms with Crippen molar-refractivity contribution >= 4 is 12.4 Å². The van der Waals surface area contributed by atoms with Gasteiger partial charge in [-0.1, -0.05) is 18.2 Å². The maximum Gasteiger partial charge on any atom is 0.407 e. The zero-order chi connectivity index (χ0) is 16.8. The summed E-state index contributed by atoms with van der Waals surface area (Å²) in [4.78, 5) is 22.2. The molecule has 0 fully saturated rings. The first-order valence-electron chi connectivity index (χ1n) is 7.11. The van der Waals surface area contributed by atoms with E-state index in [1.54, 1.807) is 39.0 Å². The Morgan fingerprint density at radius 1 is 1.36 bits per heavy atom. The summed E-state index contributed by atoms with van der Waals surface area (Å²) >= 11 is 0. The highest BCUT2D eigenvalue weighted by Gasteiger charge is 2.20. The Morgan fingerprint density at radius 3 is 2.64 bits per heavy atom. The number of aliphatic hydroxyl groups excluding tert-OH is 2. The summed E-state index contributed by atoms with van der Waals surface area (Å²) in [5, 5.41) is 22.5. The van der Waals surface area contributed by atoms with Crippen LogP contribution in [0.4, 0.5) is 4.79 Å². The first kappa shape index (κ1) is 18.1. The average Bonchev–Trinajstić information content (AvgIpc) is 2.44. The van der Waals surface area contributed by atoms with Gasteiger partial charge in [-0.15, -0.1) is 0 Å². The monoisotopic (exact) mass is 309 g/mol. The molecule has 0 spiro atoms. The van der Waals surface area contributed by atoms with Crippen molar-refractivity contribution in [2.24, 2.45) is 0 Å². The molecule has 0 saturated heterocycles. The summed E-state index contributed by atoms with van der Waals surface area (Å²) in [6.45, 7) is 5.43. The third kappa shape index (κ3) is 6.24. The molecule has 0 aliphatic heterocycles. The molecule has 0 aliphatic rings. The van der Waals surface area contributed by atoms with Gasteiger partial charge in [0.15, 0.2) is 0 Å². The number of hydrogen-bond acceptors (Lipinski definition) is 5. The molecule has 1 aromatic carbocycles. The second-order valence-electron chi connectivity index (χ2n) is 6.02. The van der Waals surface area contributed by atoms with Gasteiger partial charge in [-0.2, -0.15) is 0 Å². The second kappa shape index (κ2) is 7.91. The molecule has 0 heterocycles. The van der Waals surface area contributed by atoms with Crippen molar-refractivity contribution in [2.75, 3.05) is 6.54 Å². The first-order chi connectivity index (χ1) is 10.2. The molecule has 2 unspecified atom stereocenters. The van der Waals surface area contributed by atoms with E-state index in [4.69, 9.17) is 4.74 Å². The van der Waals surface area contributed by atoms with Gasteiger partial charge in [0.2, 0.25) is 0 Å². The van der Waals surface area contributed by atoms with Gasteiger partial charge in [0.1, 0.15) is 18.0 Å². The van der Waals surface area contributed by atoms with Crippen LogP contribution in [0.2, 0.25) is 0 Å². The summed E-state index contributed by atoms with van der Waals surface area (Å²) in [6.07, 6.45) is -1.92. The predicted octanol–water partition coefficient (Wildman–Crippen LogP) is 1.81. The lowest BCUT2D eigenvalue weighted by Crippen LogP contribution is -2.34. The van der Waals surface area contributed by atoms with Crippen LogP contribution in [0.5, 0.6) is 0 Å². The minimum Gasteiger partial charge on any atom is -0.444 e. The Hall–Kier alpha value is -1.92. The fraction of sp³-hybridized carbons (Fsp3) is 0.500. The molecule has 2 atom stereocenters. The van der Waals surface area contributed by atoms with E-state index in [0.29, 0.717) is 17.4 Å². The van der Waals surface area contributed by atoms with Crippen molar-refractivity contribution in [3.8, 4) is 0 Å². The molecule has 6 heteroatoms. The molecule has 0 saturated carbocycles. The van der Waals surface area contributed by atoms with Gasteiger partial charge < -0.3 is 20.3 Å². The number of rotatable bonds is 6. The lowest BCUT2D eigenvalue weighted by atomic mass is 10.0. The van der Waals surface area contributed by atoms with Gasteiger partial charge in [-0.05, 0) is 38.8 Å². The Bertz CT molecular complexity index is 510. The van der Waals surface area contributed by atoms with Crippen LogP contribution in [0.1, 0.15) is 49.2 Å². The molecule has 3 N–H and O–H groups in total. The summed E-state index contributed by atoms with van der Waals surface area (Å²) < 4.78 is 5.06. The summed E-state index contributed by atoms with van der Waals surface area (Å²) in [7, 11) is 0. The fourth-order valence-corrected chi connectivity index (χ4v) is 1.83. The van der Waals surface area contributed by atoms with E-state index >= 15 is 0 Å². The number of aliphatic hydroxyl groups is 2. The molecular weight excluding hydrogens is 286 g/mol. The van der Waals surface area contributed by atoms with Gasteiger partial charge in [0.05, 0.1) is 6.10 Å². The number of alkyl carbamates (subject to hydrolysis) is 1. The third-order valence-corrected chi connectivity index (χ3v) is 2.86. The topological polar surface area (TPSA) is 95.9 Å². The Morgan fingerprint density at radius 2 is 2.05 bits per heavy atom. The van der Waals surface area contributed by atoms with E-state index in [9.17, 15) is 19.8 Å². The number of nitrogens with one attached hydrogen (secondary N) is 1. The van der Waals surface area contributed by atoms with Crippen molar-refractivity contribution in [1.82, 2.24) is 5.32 Å². The first-order valence-corrected chi connectivity index (χ1v) is 7.11. The van der Waals surface area contributed by atoms with Crippen LogP contribution in [0.25, 0.3) is 0 Å². The zero-order valence-corrected chi connectivity index (χ0v) is 13.1. The minimum atomic E-state index is -1.12. The number of hydrogen-bond donors (Lipinski definition) is 3. The van der Waals surface area contributed by atoms with Crippen molar-refractivity contribution in [3.05, 3.63) is 35.4 Å². The quantitative estimate of drug-likeness (QED) is 0.696. The number of amides is 1. The number of aldehydes is 1. The van der Waals surface area contributed by atoms with Crippen LogP contribution in [0.15, 0.2) is 24.3 Å². The molecule has 0 aliphatic carbocycles. The lowest BCUT2D eigenvalue weighted by Gasteiger charge is -2.21. The lowest BCUT2D eigenvalue weighted by molar-refractivity contribution is 0.0123. The van der Waals surface area contributed by atoms with Crippen LogP contribution in [0.3, 0.4) is 0 Å². The summed E-state index contributed by atoms with van der Waals surface area (Å²) in [6, 6.07) is 6.39.